The van der Waals surface area contributed by atoms with E-state index in [1.807, 2.05) is 60.7 Å². The Hall–Kier alpha value is -7.29. The molecule has 0 saturated heterocycles. The summed E-state index contributed by atoms with van der Waals surface area (Å²) in [5.74, 6) is 0.577. The second kappa shape index (κ2) is 11.9. The predicted molar refractivity (Wildman–Crippen MR) is 213 cm³/mol. The molecule has 0 saturated carbocycles. The number of rotatable bonds is 5. The molecule has 0 spiro atoms. The fourth-order valence-corrected chi connectivity index (χ4v) is 7.73. The maximum atomic E-state index is 8.56. The highest BCUT2D eigenvalue weighted by atomic mass is 15.0. The molecule has 0 radical (unpaired) electrons. The lowest BCUT2D eigenvalue weighted by Gasteiger charge is -2.16. The molecule has 3 heterocycles. The molecule has 0 amide bonds. The summed E-state index contributed by atoms with van der Waals surface area (Å²) in [6.07, 6.45) is 0. The van der Waals surface area contributed by atoms with Crippen molar-refractivity contribution in [3.8, 4) is 45.3 Å². The minimum atomic E-state index is 0.423. The monoisotopic (exact) mass is 663 g/mol. The van der Waals surface area contributed by atoms with Crippen molar-refractivity contribution in [3.63, 3.8) is 0 Å². The average Bonchev–Trinajstić information content (AvgIpc) is 3.75. The van der Waals surface area contributed by atoms with Gasteiger partial charge in [-0.2, -0.15) is 0 Å². The SMILES string of the molecule is [C-]#[N+]c1c(-c2ccccc2)nc(-c2ccccc2)nc1-c1cccc2c3ccc4c5ccccc5n(-c5ccccc5)c4c3n(-c3ccccc3)c12. The van der Waals surface area contributed by atoms with Gasteiger partial charge < -0.3 is 9.13 Å². The minimum absolute atomic E-state index is 0.423. The fourth-order valence-electron chi connectivity index (χ4n) is 7.73. The Kier molecular flexibility index (Phi) is 6.80. The van der Waals surface area contributed by atoms with Crippen LogP contribution in [-0.4, -0.2) is 19.1 Å². The van der Waals surface area contributed by atoms with Crippen LogP contribution in [0.25, 0.3) is 93.7 Å². The van der Waals surface area contributed by atoms with Gasteiger partial charge in [-0.3, -0.25) is 0 Å². The largest absolute Gasteiger partial charge is 0.307 e. The Bertz CT molecular complexity index is 2990. The number of benzene rings is 7. The summed E-state index contributed by atoms with van der Waals surface area (Å²) in [4.78, 5) is 14.5. The molecule has 10 aromatic rings. The zero-order chi connectivity index (χ0) is 34.6. The molecular formula is C47H29N5. The number of hydrogen-bond donors (Lipinski definition) is 0. The molecule has 0 aliphatic carbocycles. The first kappa shape index (κ1) is 29.6. The van der Waals surface area contributed by atoms with Crippen LogP contribution in [0.2, 0.25) is 0 Å². The van der Waals surface area contributed by atoms with E-state index in [1.165, 1.54) is 10.8 Å². The Morgan fingerprint density at radius 2 is 0.904 bits per heavy atom. The standard InChI is InChI=1S/C47H29N5/c1-48-43-41(31-17-6-2-7-18-31)49-47(32-19-8-3-9-20-32)50-42(43)39-27-16-26-36-38-30-29-37-35-25-14-15-28-40(35)51(33-21-10-4-11-22-33)45(37)46(38)52(44(36)39)34-23-12-5-13-24-34/h2-30H. The van der Waals surface area contributed by atoms with E-state index in [-0.39, 0.29) is 0 Å². The van der Waals surface area contributed by atoms with Crippen molar-refractivity contribution in [3.05, 3.63) is 187 Å². The molecule has 52 heavy (non-hydrogen) atoms. The van der Waals surface area contributed by atoms with Crippen molar-refractivity contribution in [1.82, 2.24) is 19.1 Å². The van der Waals surface area contributed by atoms with Crippen LogP contribution in [0.1, 0.15) is 0 Å². The third kappa shape index (κ3) is 4.49. The molecule has 0 atom stereocenters. The van der Waals surface area contributed by atoms with Gasteiger partial charge in [-0.05, 0) is 35.9 Å². The number of para-hydroxylation sites is 4. The van der Waals surface area contributed by atoms with Crippen molar-refractivity contribution < 1.29 is 0 Å². The molecule has 0 bridgehead atoms. The van der Waals surface area contributed by atoms with Crippen LogP contribution < -0.4 is 0 Å². The highest BCUT2D eigenvalue weighted by Crippen LogP contribution is 2.46. The van der Waals surface area contributed by atoms with E-state index in [0.29, 0.717) is 22.9 Å². The van der Waals surface area contributed by atoms with E-state index in [0.717, 1.165) is 60.9 Å². The second-order valence-electron chi connectivity index (χ2n) is 12.9. The highest BCUT2D eigenvalue weighted by Gasteiger charge is 2.26. The van der Waals surface area contributed by atoms with E-state index >= 15 is 0 Å². The lowest BCUT2D eigenvalue weighted by atomic mass is 10.0. The molecule has 7 aromatic carbocycles. The van der Waals surface area contributed by atoms with Gasteiger partial charge >= 0.3 is 0 Å². The molecule has 5 nitrogen and oxygen atoms in total. The van der Waals surface area contributed by atoms with Gasteiger partial charge in [0.25, 0.3) is 0 Å². The summed E-state index contributed by atoms with van der Waals surface area (Å²) < 4.78 is 4.77. The molecule has 0 aliphatic heterocycles. The Morgan fingerprint density at radius 1 is 0.404 bits per heavy atom. The number of nitrogens with zero attached hydrogens (tertiary/aromatic N) is 5. The first-order valence-corrected chi connectivity index (χ1v) is 17.3. The number of fused-ring (bicyclic) bond motifs is 7. The summed E-state index contributed by atoms with van der Waals surface area (Å²) >= 11 is 0. The number of hydrogen-bond acceptors (Lipinski definition) is 2. The number of aromatic nitrogens is 4. The van der Waals surface area contributed by atoms with Crippen LogP contribution in [0.4, 0.5) is 5.69 Å². The van der Waals surface area contributed by atoms with E-state index in [2.05, 4.69) is 129 Å². The summed E-state index contributed by atoms with van der Waals surface area (Å²) in [6, 6.07) is 60.6. The van der Waals surface area contributed by atoms with Crippen molar-refractivity contribution in [2.24, 2.45) is 0 Å². The molecule has 242 valence electrons. The second-order valence-corrected chi connectivity index (χ2v) is 12.9. The minimum Gasteiger partial charge on any atom is -0.307 e. The molecule has 0 fully saturated rings. The van der Waals surface area contributed by atoms with Gasteiger partial charge in [-0.1, -0.05) is 146 Å². The van der Waals surface area contributed by atoms with Gasteiger partial charge in [-0.15, -0.1) is 0 Å². The quantitative estimate of drug-likeness (QED) is 0.172. The molecular weight excluding hydrogens is 635 g/mol. The van der Waals surface area contributed by atoms with Crippen LogP contribution in [0.5, 0.6) is 0 Å². The first-order chi connectivity index (χ1) is 25.8. The van der Waals surface area contributed by atoms with Gasteiger partial charge in [0.05, 0.1) is 40.0 Å². The van der Waals surface area contributed by atoms with Crippen LogP contribution in [0, 0.1) is 6.57 Å². The van der Waals surface area contributed by atoms with Crippen molar-refractivity contribution in [2.75, 3.05) is 0 Å². The summed E-state index contributed by atoms with van der Waals surface area (Å²) in [7, 11) is 0. The van der Waals surface area contributed by atoms with Crippen molar-refractivity contribution in [2.45, 2.75) is 0 Å². The van der Waals surface area contributed by atoms with Crippen molar-refractivity contribution in [1.29, 1.82) is 0 Å². The highest BCUT2D eigenvalue weighted by molar-refractivity contribution is 6.25. The molecule has 10 rings (SSSR count). The molecule has 0 N–H and O–H groups in total. The summed E-state index contributed by atoms with van der Waals surface area (Å²) in [5, 5.41) is 4.58. The zero-order valence-corrected chi connectivity index (χ0v) is 28.0. The maximum absolute atomic E-state index is 8.56. The topological polar surface area (TPSA) is 40.0 Å². The van der Waals surface area contributed by atoms with E-state index < -0.39 is 0 Å². The lowest BCUT2D eigenvalue weighted by molar-refractivity contribution is 1.15. The molecule has 0 aliphatic rings. The molecule has 0 unspecified atom stereocenters. The van der Waals surface area contributed by atoms with Gasteiger partial charge in [0.15, 0.2) is 5.82 Å². The average molecular weight is 664 g/mol. The van der Waals surface area contributed by atoms with Gasteiger partial charge in [0.2, 0.25) is 5.69 Å². The van der Waals surface area contributed by atoms with Gasteiger partial charge in [0, 0.05) is 44.0 Å². The predicted octanol–water partition coefficient (Wildman–Crippen LogP) is 12.2. The molecule has 3 aromatic heterocycles. The summed E-state index contributed by atoms with van der Waals surface area (Å²) in [6.45, 7) is 8.56. The van der Waals surface area contributed by atoms with E-state index in [4.69, 9.17) is 16.5 Å². The zero-order valence-electron chi connectivity index (χ0n) is 28.0. The van der Waals surface area contributed by atoms with E-state index in [9.17, 15) is 0 Å². The Morgan fingerprint density at radius 3 is 1.58 bits per heavy atom. The van der Waals surface area contributed by atoms with Crippen molar-refractivity contribution >= 4 is 49.3 Å². The first-order valence-electron chi connectivity index (χ1n) is 17.3. The molecule has 5 heteroatoms. The van der Waals surface area contributed by atoms with E-state index in [1.54, 1.807) is 0 Å². The fraction of sp³-hybridized carbons (Fsp3) is 0. The Labute approximate surface area is 300 Å². The van der Waals surface area contributed by atoms with Crippen LogP contribution >= 0.6 is 0 Å². The van der Waals surface area contributed by atoms with Crippen LogP contribution in [-0.2, 0) is 0 Å². The lowest BCUT2D eigenvalue weighted by Crippen LogP contribution is -2.01. The van der Waals surface area contributed by atoms with Gasteiger partial charge in [0.1, 0.15) is 0 Å². The Balaban J connectivity index is 1.41. The smallest absolute Gasteiger partial charge is 0.238 e. The summed E-state index contributed by atoms with van der Waals surface area (Å²) in [5.41, 5.74) is 10.8. The van der Waals surface area contributed by atoms with Crippen LogP contribution in [0.15, 0.2) is 176 Å². The maximum Gasteiger partial charge on any atom is 0.238 e. The third-order valence-corrected chi connectivity index (χ3v) is 9.94. The normalized spacial score (nSPS) is 11.4. The van der Waals surface area contributed by atoms with Gasteiger partial charge in [-0.25, -0.2) is 14.8 Å². The van der Waals surface area contributed by atoms with Crippen LogP contribution in [0.3, 0.4) is 0 Å². The third-order valence-electron chi connectivity index (χ3n) is 9.94.